The summed E-state index contributed by atoms with van der Waals surface area (Å²) in [7, 11) is 1.66. The monoisotopic (exact) mass is 252 g/mol. The van der Waals surface area contributed by atoms with Crippen molar-refractivity contribution in [1.29, 1.82) is 0 Å². The van der Waals surface area contributed by atoms with Crippen LogP contribution in [0.2, 0.25) is 0 Å². The van der Waals surface area contributed by atoms with Crippen LogP contribution in [0.15, 0.2) is 48.5 Å². The van der Waals surface area contributed by atoms with Gasteiger partial charge in [0.2, 0.25) is 0 Å². The SMILES string of the molecule is COc1ccc([C@@H]2c3ccccc3C(=O)[C@H]2C)cc1. The Bertz CT molecular complexity index is 613. The van der Waals surface area contributed by atoms with Gasteiger partial charge in [0.05, 0.1) is 7.11 Å². The van der Waals surface area contributed by atoms with E-state index in [4.69, 9.17) is 4.74 Å². The Hall–Kier alpha value is -2.09. The van der Waals surface area contributed by atoms with Crippen molar-refractivity contribution in [2.45, 2.75) is 12.8 Å². The first kappa shape index (κ1) is 12.0. The molecule has 0 radical (unpaired) electrons. The molecule has 0 heterocycles. The number of rotatable bonds is 2. The highest BCUT2D eigenvalue weighted by atomic mass is 16.5. The van der Waals surface area contributed by atoms with E-state index in [0.29, 0.717) is 0 Å². The highest BCUT2D eigenvalue weighted by molar-refractivity contribution is 6.03. The van der Waals surface area contributed by atoms with Crippen LogP contribution in [-0.4, -0.2) is 12.9 Å². The predicted molar refractivity (Wildman–Crippen MR) is 74.8 cm³/mol. The van der Waals surface area contributed by atoms with Crippen molar-refractivity contribution in [2.24, 2.45) is 5.92 Å². The molecule has 2 aromatic carbocycles. The van der Waals surface area contributed by atoms with Crippen LogP contribution in [0.25, 0.3) is 0 Å². The summed E-state index contributed by atoms with van der Waals surface area (Å²) in [6, 6.07) is 15.9. The summed E-state index contributed by atoms with van der Waals surface area (Å²) in [5.74, 6) is 1.26. The Morgan fingerprint density at radius 3 is 2.37 bits per heavy atom. The average Bonchev–Trinajstić information content (AvgIpc) is 2.72. The van der Waals surface area contributed by atoms with Crippen LogP contribution in [0.3, 0.4) is 0 Å². The van der Waals surface area contributed by atoms with Gasteiger partial charge in [-0.25, -0.2) is 0 Å². The fourth-order valence-electron chi connectivity index (χ4n) is 2.94. The van der Waals surface area contributed by atoms with E-state index in [9.17, 15) is 4.79 Å². The summed E-state index contributed by atoms with van der Waals surface area (Å²) in [6.45, 7) is 2.01. The fourth-order valence-corrected chi connectivity index (χ4v) is 2.94. The highest BCUT2D eigenvalue weighted by Crippen LogP contribution is 2.42. The molecule has 0 fully saturated rings. The summed E-state index contributed by atoms with van der Waals surface area (Å²) in [6.07, 6.45) is 0. The minimum absolute atomic E-state index is 0.00537. The number of fused-ring (bicyclic) bond motifs is 1. The maximum absolute atomic E-state index is 12.3. The number of carbonyl (C=O) groups excluding carboxylic acids is 1. The molecule has 2 nitrogen and oxygen atoms in total. The molecule has 0 bridgehead atoms. The van der Waals surface area contributed by atoms with E-state index in [1.807, 2.05) is 37.3 Å². The van der Waals surface area contributed by atoms with Crippen LogP contribution < -0.4 is 4.74 Å². The summed E-state index contributed by atoms with van der Waals surface area (Å²) in [5, 5.41) is 0. The molecule has 2 aromatic rings. The molecule has 0 spiro atoms. The smallest absolute Gasteiger partial charge is 0.166 e. The Labute approximate surface area is 113 Å². The summed E-state index contributed by atoms with van der Waals surface area (Å²) in [4.78, 5) is 12.3. The van der Waals surface area contributed by atoms with Crippen molar-refractivity contribution < 1.29 is 9.53 Å². The van der Waals surface area contributed by atoms with Crippen LogP contribution in [0, 0.1) is 5.92 Å². The van der Waals surface area contributed by atoms with Gasteiger partial charge in [-0.3, -0.25) is 4.79 Å². The van der Waals surface area contributed by atoms with Gasteiger partial charge in [-0.2, -0.15) is 0 Å². The number of ether oxygens (including phenoxy) is 1. The lowest BCUT2D eigenvalue weighted by molar-refractivity contribution is 0.0939. The Morgan fingerprint density at radius 1 is 1.00 bits per heavy atom. The van der Waals surface area contributed by atoms with Crippen molar-refractivity contribution >= 4 is 5.78 Å². The maximum Gasteiger partial charge on any atom is 0.166 e. The second-order valence-electron chi connectivity index (χ2n) is 4.99. The number of hydrogen-bond acceptors (Lipinski definition) is 2. The molecule has 0 amide bonds. The topological polar surface area (TPSA) is 26.3 Å². The van der Waals surface area contributed by atoms with E-state index < -0.39 is 0 Å². The Balaban J connectivity index is 2.07. The van der Waals surface area contributed by atoms with Crippen molar-refractivity contribution in [1.82, 2.24) is 0 Å². The molecule has 96 valence electrons. The van der Waals surface area contributed by atoms with E-state index in [0.717, 1.165) is 16.9 Å². The van der Waals surface area contributed by atoms with Crippen molar-refractivity contribution in [3.05, 3.63) is 65.2 Å². The normalized spacial score (nSPS) is 21.3. The second kappa shape index (κ2) is 4.54. The van der Waals surface area contributed by atoms with Gasteiger partial charge in [-0.15, -0.1) is 0 Å². The Kier molecular flexibility index (Phi) is 2.86. The molecular weight excluding hydrogens is 236 g/mol. The van der Waals surface area contributed by atoms with E-state index in [1.165, 1.54) is 5.56 Å². The Morgan fingerprint density at radius 2 is 1.68 bits per heavy atom. The number of Topliss-reactive ketones (excluding diaryl/α,β-unsaturated/α-hetero) is 1. The second-order valence-corrected chi connectivity index (χ2v) is 4.99. The highest BCUT2D eigenvalue weighted by Gasteiger charge is 2.37. The van der Waals surface area contributed by atoms with Crippen molar-refractivity contribution in [3.63, 3.8) is 0 Å². The number of methoxy groups -OCH3 is 1. The number of hydrogen-bond donors (Lipinski definition) is 0. The number of carbonyl (C=O) groups is 1. The lowest BCUT2D eigenvalue weighted by Crippen LogP contribution is -2.10. The molecule has 2 atom stereocenters. The quantitative estimate of drug-likeness (QED) is 0.815. The van der Waals surface area contributed by atoms with Crippen LogP contribution >= 0.6 is 0 Å². The van der Waals surface area contributed by atoms with Gasteiger partial charge >= 0.3 is 0 Å². The van der Waals surface area contributed by atoms with Gasteiger partial charge in [-0.05, 0) is 23.3 Å². The summed E-state index contributed by atoms with van der Waals surface area (Å²) >= 11 is 0. The molecule has 0 aromatic heterocycles. The zero-order valence-electron chi connectivity index (χ0n) is 11.1. The van der Waals surface area contributed by atoms with Gasteiger partial charge in [0.1, 0.15) is 5.75 Å². The lowest BCUT2D eigenvalue weighted by Gasteiger charge is -2.16. The fraction of sp³-hybridized carbons (Fsp3) is 0.235. The molecule has 19 heavy (non-hydrogen) atoms. The molecule has 0 saturated heterocycles. The zero-order chi connectivity index (χ0) is 13.4. The minimum atomic E-state index is 0.00537. The first-order valence-electron chi connectivity index (χ1n) is 6.49. The first-order chi connectivity index (χ1) is 9.22. The van der Waals surface area contributed by atoms with E-state index in [-0.39, 0.29) is 17.6 Å². The molecule has 0 aliphatic heterocycles. The van der Waals surface area contributed by atoms with Crippen LogP contribution in [0.4, 0.5) is 0 Å². The molecule has 0 N–H and O–H groups in total. The van der Waals surface area contributed by atoms with Crippen LogP contribution in [0.1, 0.15) is 34.3 Å². The van der Waals surface area contributed by atoms with Gasteiger partial charge in [0, 0.05) is 17.4 Å². The molecule has 0 saturated carbocycles. The predicted octanol–water partition coefficient (Wildman–Crippen LogP) is 3.66. The van der Waals surface area contributed by atoms with Crippen molar-refractivity contribution in [3.8, 4) is 5.75 Å². The van der Waals surface area contributed by atoms with Crippen LogP contribution in [0.5, 0.6) is 5.75 Å². The van der Waals surface area contributed by atoms with Gasteiger partial charge in [0.25, 0.3) is 0 Å². The van der Waals surface area contributed by atoms with Gasteiger partial charge < -0.3 is 4.74 Å². The largest absolute Gasteiger partial charge is 0.497 e. The lowest BCUT2D eigenvalue weighted by atomic mass is 9.87. The molecule has 1 aliphatic rings. The van der Waals surface area contributed by atoms with Crippen LogP contribution in [-0.2, 0) is 0 Å². The third-order valence-corrected chi connectivity index (χ3v) is 3.95. The minimum Gasteiger partial charge on any atom is -0.497 e. The first-order valence-corrected chi connectivity index (χ1v) is 6.49. The number of ketones is 1. The van der Waals surface area contributed by atoms with E-state index in [1.54, 1.807) is 7.11 Å². The van der Waals surface area contributed by atoms with Gasteiger partial charge in [-0.1, -0.05) is 43.3 Å². The number of benzene rings is 2. The molecule has 1 aliphatic carbocycles. The van der Waals surface area contributed by atoms with Gasteiger partial charge in [0.15, 0.2) is 5.78 Å². The summed E-state index contributed by atoms with van der Waals surface area (Å²) < 4.78 is 5.18. The van der Waals surface area contributed by atoms with E-state index in [2.05, 4.69) is 18.2 Å². The van der Waals surface area contributed by atoms with Crippen molar-refractivity contribution in [2.75, 3.05) is 7.11 Å². The molecule has 0 unspecified atom stereocenters. The zero-order valence-corrected chi connectivity index (χ0v) is 11.1. The molecular formula is C17H16O2. The third-order valence-electron chi connectivity index (χ3n) is 3.95. The average molecular weight is 252 g/mol. The standard InChI is InChI=1S/C17H16O2/c1-11-16(12-7-9-13(19-2)10-8-12)14-5-3-4-6-15(14)17(11)18/h3-11,16H,1-2H3/t11-,16+/m0/s1. The third kappa shape index (κ3) is 1.84. The molecule has 3 rings (SSSR count). The summed E-state index contributed by atoms with van der Waals surface area (Å²) in [5.41, 5.74) is 3.19. The maximum atomic E-state index is 12.3. The molecule has 2 heteroatoms. The van der Waals surface area contributed by atoms with E-state index >= 15 is 0 Å².